The van der Waals surface area contributed by atoms with Gasteiger partial charge in [0.1, 0.15) is 5.75 Å². The maximum Gasteiger partial charge on any atom is 0.260 e. The average molecular weight is 327 g/mol. The number of amides is 1. The first kappa shape index (κ1) is 14.3. The molecule has 0 radical (unpaired) electrons. The van der Waals surface area contributed by atoms with E-state index in [1.807, 2.05) is 36.2 Å². The molecule has 0 saturated carbocycles. The number of nitrogens with zero attached hydrogens (tertiary/aromatic N) is 1. The van der Waals surface area contributed by atoms with Gasteiger partial charge in [0.25, 0.3) is 5.91 Å². The molecular weight excluding hydrogens is 308 g/mol. The predicted octanol–water partition coefficient (Wildman–Crippen LogP) is 2.04. The molecule has 1 aromatic carbocycles. The summed E-state index contributed by atoms with van der Waals surface area (Å²) in [4.78, 5) is 14.1. The maximum absolute atomic E-state index is 12.2. The number of nitrogens with one attached hydrogen (secondary N) is 1. The molecule has 2 rings (SSSR count). The Bertz CT molecular complexity index is 439. The van der Waals surface area contributed by atoms with Gasteiger partial charge in [-0.05, 0) is 38.1 Å². The summed E-state index contributed by atoms with van der Waals surface area (Å²) in [5, 5.41) is 3.13. The topological polar surface area (TPSA) is 41.6 Å². The van der Waals surface area contributed by atoms with Crippen LogP contribution in [0.5, 0.6) is 5.75 Å². The van der Waals surface area contributed by atoms with Crippen molar-refractivity contribution in [2.45, 2.75) is 18.9 Å². The second kappa shape index (κ2) is 6.91. The summed E-state index contributed by atoms with van der Waals surface area (Å²) in [6.45, 7) is 1.80. The molecule has 1 atom stereocenters. The van der Waals surface area contributed by atoms with Crippen LogP contribution in [0, 0.1) is 0 Å². The first-order valence-corrected chi connectivity index (χ1v) is 7.32. The summed E-state index contributed by atoms with van der Waals surface area (Å²) in [6.07, 6.45) is 2.15. The highest BCUT2D eigenvalue weighted by molar-refractivity contribution is 9.10. The highest BCUT2D eigenvalue weighted by atomic mass is 79.9. The first-order valence-electron chi connectivity index (χ1n) is 6.53. The monoisotopic (exact) mass is 326 g/mol. The van der Waals surface area contributed by atoms with Crippen molar-refractivity contribution in [3.05, 3.63) is 28.7 Å². The minimum atomic E-state index is 0.0673. The van der Waals surface area contributed by atoms with Crippen molar-refractivity contribution in [1.29, 1.82) is 0 Å². The minimum absolute atomic E-state index is 0.0673. The second-order valence-corrected chi connectivity index (χ2v) is 5.60. The first-order chi connectivity index (χ1) is 9.20. The van der Waals surface area contributed by atoms with Crippen LogP contribution in [-0.4, -0.2) is 43.6 Å². The highest BCUT2D eigenvalue weighted by Crippen LogP contribution is 2.19. The molecule has 4 nitrogen and oxygen atoms in total. The summed E-state index contributed by atoms with van der Waals surface area (Å²) in [5.41, 5.74) is 0. The van der Waals surface area contributed by atoms with E-state index in [-0.39, 0.29) is 12.5 Å². The van der Waals surface area contributed by atoms with E-state index < -0.39 is 0 Å². The zero-order chi connectivity index (χ0) is 13.7. The molecule has 1 N–H and O–H groups in total. The predicted molar refractivity (Wildman–Crippen MR) is 78.3 cm³/mol. The Kier molecular flexibility index (Phi) is 5.22. The molecule has 5 heteroatoms. The van der Waals surface area contributed by atoms with Gasteiger partial charge in [0, 0.05) is 23.6 Å². The fourth-order valence-electron chi connectivity index (χ4n) is 2.40. The van der Waals surface area contributed by atoms with Gasteiger partial charge in [-0.1, -0.05) is 22.0 Å². The van der Waals surface area contributed by atoms with Gasteiger partial charge in [-0.3, -0.25) is 4.79 Å². The Morgan fingerprint density at radius 1 is 1.58 bits per heavy atom. The molecule has 1 aliphatic heterocycles. The van der Waals surface area contributed by atoms with Gasteiger partial charge in [-0.2, -0.15) is 0 Å². The van der Waals surface area contributed by atoms with Gasteiger partial charge >= 0.3 is 0 Å². The largest absolute Gasteiger partial charge is 0.484 e. The number of likely N-dealkylation sites (N-methyl/N-ethyl adjacent to an activating group) is 1. The molecule has 1 fully saturated rings. The van der Waals surface area contributed by atoms with E-state index in [9.17, 15) is 4.79 Å². The van der Waals surface area contributed by atoms with Crippen molar-refractivity contribution in [2.24, 2.45) is 0 Å². The molecule has 1 heterocycles. The van der Waals surface area contributed by atoms with Crippen molar-refractivity contribution < 1.29 is 9.53 Å². The smallest absolute Gasteiger partial charge is 0.260 e. The van der Waals surface area contributed by atoms with E-state index in [0.29, 0.717) is 11.8 Å². The molecule has 1 saturated heterocycles. The summed E-state index contributed by atoms with van der Waals surface area (Å²) in [7, 11) is 1.92. The van der Waals surface area contributed by atoms with Crippen molar-refractivity contribution in [3.8, 4) is 5.75 Å². The van der Waals surface area contributed by atoms with Gasteiger partial charge in [-0.25, -0.2) is 0 Å². The van der Waals surface area contributed by atoms with E-state index in [1.54, 1.807) is 0 Å². The lowest BCUT2D eigenvalue weighted by Crippen LogP contribution is -2.43. The quantitative estimate of drug-likeness (QED) is 0.900. The SMILES string of the molecule is CNC[C@@H]1CCCN1C(=O)COc1cccc(Br)c1. The number of carbonyl (C=O) groups is 1. The Labute approximate surface area is 122 Å². The maximum atomic E-state index is 12.2. The molecule has 0 unspecified atom stereocenters. The Morgan fingerprint density at radius 3 is 3.16 bits per heavy atom. The van der Waals surface area contributed by atoms with Crippen LogP contribution in [0.3, 0.4) is 0 Å². The molecular formula is C14H19BrN2O2. The van der Waals surface area contributed by atoms with Crippen molar-refractivity contribution in [3.63, 3.8) is 0 Å². The molecule has 0 spiro atoms. The Morgan fingerprint density at radius 2 is 2.42 bits per heavy atom. The minimum Gasteiger partial charge on any atom is -0.484 e. The molecule has 1 aliphatic rings. The number of ether oxygens (including phenoxy) is 1. The highest BCUT2D eigenvalue weighted by Gasteiger charge is 2.28. The average Bonchev–Trinajstić information content (AvgIpc) is 2.85. The van der Waals surface area contributed by atoms with Crippen LogP contribution in [0.2, 0.25) is 0 Å². The fourth-order valence-corrected chi connectivity index (χ4v) is 2.77. The van der Waals surface area contributed by atoms with Gasteiger partial charge < -0.3 is 15.0 Å². The number of halogens is 1. The Hall–Kier alpha value is -1.07. The fraction of sp³-hybridized carbons (Fsp3) is 0.500. The lowest BCUT2D eigenvalue weighted by Gasteiger charge is -2.24. The van der Waals surface area contributed by atoms with Crippen LogP contribution >= 0.6 is 15.9 Å². The van der Waals surface area contributed by atoms with Crippen LogP contribution in [0.4, 0.5) is 0 Å². The van der Waals surface area contributed by atoms with Gasteiger partial charge in [0.15, 0.2) is 6.61 Å². The molecule has 19 heavy (non-hydrogen) atoms. The van der Waals surface area contributed by atoms with Crippen LogP contribution in [-0.2, 0) is 4.79 Å². The van der Waals surface area contributed by atoms with Crippen LogP contribution < -0.4 is 10.1 Å². The third-order valence-corrected chi connectivity index (χ3v) is 3.79. The van der Waals surface area contributed by atoms with Gasteiger partial charge in [-0.15, -0.1) is 0 Å². The van der Waals surface area contributed by atoms with Crippen LogP contribution in [0.25, 0.3) is 0 Å². The number of hydrogen-bond acceptors (Lipinski definition) is 3. The molecule has 104 valence electrons. The van der Waals surface area contributed by atoms with Crippen molar-refractivity contribution >= 4 is 21.8 Å². The molecule has 1 amide bonds. The number of benzene rings is 1. The third kappa shape index (κ3) is 3.94. The number of carbonyl (C=O) groups excluding carboxylic acids is 1. The standard InChI is InChI=1S/C14H19BrN2O2/c1-16-9-12-5-3-7-17(12)14(18)10-19-13-6-2-4-11(15)8-13/h2,4,6,8,12,16H,3,5,7,9-10H2,1H3/t12-/m0/s1. The number of likely N-dealkylation sites (tertiary alicyclic amines) is 1. The zero-order valence-electron chi connectivity index (χ0n) is 11.1. The van der Waals surface area contributed by atoms with Crippen LogP contribution in [0.1, 0.15) is 12.8 Å². The third-order valence-electron chi connectivity index (χ3n) is 3.30. The molecule has 1 aromatic rings. The van der Waals surface area contributed by atoms with E-state index in [4.69, 9.17) is 4.74 Å². The number of rotatable bonds is 5. The van der Waals surface area contributed by atoms with E-state index in [1.165, 1.54) is 0 Å². The Balaban J connectivity index is 1.87. The molecule has 0 aromatic heterocycles. The molecule has 0 aliphatic carbocycles. The molecule has 0 bridgehead atoms. The van der Waals surface area contributed by atoms with Gasteiger partial charge in [0.05, 0.1) is 0 Å². The van der Waals surface area contributed by atoms with Crippen molar-refractivity contribution in [1.82, 2.24) is 10.2 Å². The van der Waals surface area contributed by atoms with Crippen LogP contribution in [0.15, 0.2) is 28.7 Å². The summed E-state index contributed by atoms with van der Waals surface area (Å²) in [6, 6.07) is 7.85. The summed E-state index contributed by atoms with van der Waals surface area (Å²) in [5.74, 6) is 0.782. The summed E-state index contributed by atoms with van der Waals surface area (Å²) < 4.78 is 6.50. The lowest BCUT2D eigenvalue weighted by molar-refractivity contribution is -0.134. The zero-order valence-corrected chi connectivity index (χ0v) is 12.6. The van der Waals surface area contributed by atoms with E-state index in [0.717, 1.165) is 30.4 Å². The van der Waals surface area contributed by atoms with E-state index >= 15 is 0 Å². The normalized spacial score (nSPS) is 18.6. The second-order valence-electron chi connectivity index (χ2n) is 4.69. The lowest BCUT2D eigenvalue weighted by atomic mass is 10.2. The van der Waals surface area contributed by atoms with Gasteiger partial charge in [0.2, 0.25) is 0 Å². The van der Waals surface area contributed by atoms with Crippen molar-refractivity contribution in [2.75, 3.05) is 26.7 Å². The number of hydrogen-bond donors (Lipinski definition) is 1. The van der Waals surface area contributed by atoms with E-state index in [2.05, 4.69) is 21.2 Å². The summed E-state index contributed by atoms with van der Waals surface area (Å²) >= 11 is 3.38.